The van der Waals surface area contributed by atoms with Gasteiger partial charge in [-0.2, -0.15) is 0 Å². The summed E-state index contributed by atoms with van der Waals surface area (Å²) in [5, 5.41) is 6.46. The summed E-state index contributed by atoms with van der Waals surface area (Å²) in [6.45, 7) is 5.96. The quantitative estimate of drug-likeness (QED) is 0.772. The Bertz CT molecular complexity index is 256. The van der Waals surface area contributed by atoms with Crippen molar-refractivity contribution in [3.8, 4) is 0 Å². The van der Waals surface area contributed by atoms with Gasteiger partial charge in [-0.05, 0) is 37.6 Å². The number of nitrogens with one attached hydrogen (secondary N) is 2. The highest BCUT2D eigenvalue weighted by molar-refractivity contribution is 5.76. The smallest absolute Gasteiger partial charge is 0.222 e. The van der Waals surface area contributed by atoms with Crippen molar-refractivity contribution >= 4 is 5.91 Å². The molecule has 4 nitrogen and oxygen atoms in total. The number of rotatable bonds is 4. The zero-order valence-electron chi connectivity index (χ0n) is 10.8. The molecule has 2 N–H and O–H groups in total. The second kappa shape index (κ2) is 5.83. The van der Waals surface area contributed by atoms with E-state index < -0.39 is 0 Å². The molecule has 0 radical (unpaired) electrons. The fraction of sp³-hybridized carbons (Fsp3) is 0.923. The van der Waals surface area contributed by atoms with Gasteiger partial charge in [0.05, 0.1) is 12.5 Å². The second-order valence-corrected chi connectivity index (χ2v) is 5.71. The summed E-state index contributed by atoms with van der Waals surface area (Å²) in [5.41, 5.74) is 0.227. The van der Waals surface area contributed by atoms with Crippen LogP contribution in [0.15, 0.2) is 0 Å². The van der Waals surface area contributed by atoms with Crippen LogP contribution in [-0.2, 0) is 9.53 Å². The molecule has 2 aliphatic rings. The maximum Gasteiger partial charge on any atom is 0.222 e. The summed E-state index contributed by atoms with van der Waals surface area (Å²) in [4.78, 5) is 11.8. The molecule has 2 rings (SSSR count). The van der Waals surface area contributed by atoms with Crippen LogP contribution in [0.25, 0.3) is 0 Å². The van der Waals surface area contributed by atoms with E-state index in [1.165, 1.54) is 12.8 Å². The number of piperidine rings is 1. The predicted molar refractivity (Wildman–Crippen MR) is 66.8 cm³/mol. The largest absolute Gasteiger partial charge is 0.378 e. The predicted octanol–water partition coefficient (Wildman–Crippen LogP) is 1.06. The average molecular weight is 240 g/mol. The van der Waals surface area contributed by atoms with Crippen LogP contribution in [0, 0.1) is 5.41 Å². The maximum absolute atomic E-state index is 11.8. The zero-order chi connectivity index (χ0) is 12.1. The summed E-state index contributed by atoms with van der Waals surface area (Å²) < 4.78 is 5.47. The van der Waals surface area contributed by atoms with Gasteiger partial charge in [-0.1, -0.05) is 6.92 Å². The van der Waals surface area contributed by atoms with Crippen LogP contribution in [0.3, 0.4) is 0 Å². The van der Waals surface area contributed by atoms with E-state index in [1.807, 2.05) is 0 Å². The van der Waals surface area contributed by atoms with Crippen molar-refractivity contribution in [1.82, 2.24) is 10.6 Å². The van der Waals surface area contributed by atoms with E-state index in [1.54, 1.807) is 0 Å². The van der Waals surface area contributed by atoms with Crippen molar-refractivity contribution < 1.29 is 9.53 Å². The third kappa shape index (κ3) is 3.96. The van der Waals surface area contributed by atoms with Crippen molar-refractivity contribution in [3.05, 3.63) is 0 Å². The number of carbonyl (C=O) groups excluding carboxylic acids is 1. The SMILES string of the molecule is CC1(CNC(=O)CC2CCCO2)CCCNC1. The topological polar surface area (TPSA) is 50.4 Å². The summed E-state index contributed by atoms with van der Waals surface area (Å²) in [6.07, 6.45) is 5.22. The minimum absolute atomic E-state index is 0.142. The average Bonchev–Trinajstić information content (AvgIpc) is 2.80. The molecule has 0 aromatic heterocycles. The van der Waals surface area contributed by atoms with E-state index >= 15 is 0 Å². The molecule has 0 spiro atoms. The normalized spacial score (nSPS) is 33.6. The minimum Gasteiger partial charge on any atom is -0.378 e. The molecular weight excluding hydrogens is 216 g/mol. The molecule has 0 aliphatic carbocycles. The summed E-state index contributed by atoms with van der Waals surface area (Å²) >= 11 is 0. The van der Waals surface area contributed by atoms with Gasteiger partial charge < -0.3 is 15.4 Å². The summed E-state index contributed by atoms with van der Waals surface area (Å²) in [6, 6.07) is 0. The van der Waals surface area contributed by atoms with Crippen LogP contribution in [0.4, 0.5) is 0 Å². The fourth-order valence-corrected chi connectivity index (χ4v) is 2.67. The zero-order valence-corrected chi connectivity index (χ0v) is 10.8. The van der Waals surface area contributed by atoms with Gasteiger partial charge >= 0.3 is 0 Å². The van der Waals surface area contributed by atoms with Crippen molar-refractivity contribution in [2.24, 2.45) is 5.41 Å². The number of carbonyl (C=O) groups is 1. The van der Waals surface area contributed by atoms with Gasteiger partial charge in [0.25, 0.3) is 0 Å². The maximum atomic E-state index is 11.8. The van der Waals surface area contributed by atoms with E-state index in [2.05, 4.69) is 17.6 Å². The second-order valence-electron chi connectivity index (χ2n) is 5.71. The van der Waals surface area contributed by atoms with Crippen LogP contribution in [0.1, 0.15) is 39.0 Å². The van der Waals surface area contributed by atoms with Crippen LogP contribution < -0.4 is 10.6 Å². The lowest BCUT2D eigenvalue weighted by molar-refractivity contribution is -0.123. The highest BCUT2D eigenvalue weighted by atomic mass is 16.5. The molecule has 4 heteroatoms. The Morgan fingerprint density at radius 2 is 2.41 bits per heavy atom. The molecule has 2 unspecified atom stereocenters. The van der Waals surface area contributed by atoms with Crippen molar-refractivity contribution in [1.29, 1.82) is 0 Å². The Morgan fingerprint density at radius 1 is 1.53 bits per heavy atom. The van der Waals surface area contributed by atoms with Crippen molar-refractivity contribution in [2.45, 2.75) is 45.1 Å². The van der Waals surface area contributed by atoms with E-state index in [9.17, 15) is 4.79 Å². The number of hydrogen-bond acceptors (Lipinski definition) is 3. The first-order chi connectivity index (χ1) is 8.18. The molecule has 0 bridgehead atoms. The molecule has 0 aromatic carbocycles. The number of hydrogen-bond donors (Lipinski definition) is 2. The van der Waals surface area contributed by atoms with Gasteiger partial charge in [0.1, 0.15) is 0 Å². The Hall–Kier alpha value is -0.610. The molecule has 2 fully saturated rings. The fourth-order valence-electron chi connectivity index (χ4n) is 2.67. The molecular formula is C13H24N2O2. The molecule has 1 amide bonds. The highest BCUT2D eigenvalue weighted by Gasteiger charge is 2.27. The molecule has 2 aliphatic heterocycles. The third-order valence-corrected chi connectivity index (χ3v) is 3.84. The van der Waals surface area contributed by atoms with Gasteiger partial charge in [-0.15, -0.1) is 0 Å². The summed E-state index contributed by atoms with van der Waals surface area (Å²) in [7, 11) is 0. The Kier molecular flexibility index (Phi) is 4.40. The Labute approximate surface area is 103 Å². The lowest BCUT2D eigenvalue weighted by atomic mass is 9.83. The molecule has 17 heavy (non-hydrogen) atoms. The first-order valence-corrected chi connectivity index (χ1v) is 6.77. The van der Waals surface area contributed by atoms with Gasteiger partial charge in [-0.3, -0.25) is 4.79 Å². The standard InChI is InChI=1S/C13H24N2O2/c1-13(5-3-6-14-9-13)10-15-12(16)8-11-4-2-7-17-11/h11,14H,2-10H2,1H3,(H,15,16). The molecule has 2 saturated heterocycles. The van der Waals surface area contributed by atoms with E-state index in [4.69, 9.17) is 4.74 Å². The van der Waals surface area contributed by atoms with Crippen LogP contribution in [0.5, 0.6) is 0 Å². The van der Waals surface area contributed by atoms with E-state index in [0.29, 0.717) is 6.42 Å². The van der Waals surface area contributed by atoms with Gasteiger partial charge in [0.2, 0.25) is 5.91 Å². The highest BCUT2D eigenvalue weighted by Crippen LogP contribution is 2.24. The van der Waals surface area contributed by atoms with Gasteiger partial charge in [-0.25, -0.2) is 0 Å². The molecule has 2 atom stereocenters. The lowest BCUT2D eigenvalue weighted by Crippen LogP contribution is -2.46. The molecule has 2 heterocycles. The Morgan fingerprint density at radius 3 is 3.06 bits per heavy atom. The monoisotopic (exact) mass is 240 g/mol. The first-order valence-electron chi connectivity index (χ1n) is 6.77. The number of ether oxygens (including phenoxy) is 1. The van der Waals surface area contributed by atoms with Gasteiger partial charge in [0, 0.05) is 19.7 Å². The lowest BCUT2D eigenvalue weighted by Gasteiger charge is -2.34. The van der Waals surface area contributed by atoms with E-state index in [0.717, 1.165) is 39.1 Å². The van der Waals surface area contributed by atoms with Gasteiger partial charge in [0.15, 0.2) is 0 Å². The molecule has 0 saturated carbocycles. The van der Waals surface area contributed by atoms with E-state index in [-0.39, 0.29) is 17.4 Å². The van der Waals surface area contributed by atoms with Crippen LogP contribution in [0.2, 0.25) is 0 Å². The van der Waals surface area contributed by atoms with Crippen molar-refractivity contribution in [3.63, 3.8) is 0 Å². The van der Waals surface area contributed by atoms with Crippen LogP contribution >= 0.6 is 0 Å². The molecule has 0 aromatic rings. The van der Waals surface area contributed by atoms with Crippen molar-refractivity contribution in [2.75, 3.05) is 26.2 Å². The Balaban J connectivity index is 1.67. The number of amides is 1. The first kappa shape index (κ1) is 12.8. The van der Waals surface area contributed by atoms with Crippen LogP contribution in [-0.4, -0.2) is 38.3 Å². The summed E-state index contributed by atoms with van der Waals surface area (Å²) in [5.74, 6) is 0.142. The molecule has 98 valence electrons. The minimum atomic E-state index is 0.142. The third-order valence-electron chi connectivity index (χ3n) is 3.84.